The van der Waals surface area contributed by atoms with Crippen molar-refractivity contribution in [1.82, 2.24) is 10.2 Å². The van der Waals surface area contributed by atoms with Crippen molar-refractivity contribution in [3.63, 3.8) is 0 Å². The van der Waals surface area contributed by atoms with Gasteiger partial charge in [0.2, 0.25) is 5.91 Å². The van der Waals surface area contributed by atoms with Crippen molar-refractivity contribution in [2.75, 3.05) is 11.9 Å². The average molecular weight is 545 g/mol. The maximum atomic E-state index is 12.6. The molecule has 204 valence electrons. The van der Waals surface area contributed by atoms with Gasteiger partial charge in [-0.2, -0.15) is 0 Å². The summed E-state index contributed by atoms with van der Waals surface area (Å²) in [7, 11) is 0. The average Bonchev–Trinajstić information content (AvgIpc) is 3.16. The molecule has 1 aliphatic heterocycles. The number of ether oxygens (including phenoxy) is 1. The first kappa shape index (κ1) is 27.6. The Kier molecular flexibility index (Phi) is 8.28. The van der Waals surface area contributed by atoms with E-state index in [1.54, 1.807) is 42.5 Å². The number of nitro groups is 1. The minimum Gasteiger partial charge on any atom is -0.427 e. The second-order valence-electron chi connectivity index (χ2n) is 8.91. The molecule has 40 heavy (non-hydrogen) atoms. The van der Waals surface area contributed by atoms with E-state index in [2.05, 4.69) is 10.6 Å². The van der Waals surface area contributed by atoms with Gasteiger partial charge in [0.1, 0.15) is 5.75 Å². The summed E-state index contributed by atoms with van der Waals surface area (Å²) >= 11 is 0. The van der Waals surface area contributed by atoms with E-state index in [1.165, 1.54) is 25.1 Å². The fourth-order valence-corrected chi connectivity index (χ4v) is 4.13. The highest BCUT2D eigenvalue weighted by atomic mass is 16.6. The Morgan fingerprint density at radius 3 is 2.45 bits per heavy atom. The van der Waals surface area contributed by atoms with Gasteiger partial charge in [0.05, 0.1) is 16.1 Å². The van der Waals surface area contributed by atoms with Crippen LogP contribution in [0.1, 0.15) is 56.4 Å². The van der Waals surface area contributed by atoms with Crippen molar-refractivity contribution >= 4 is 41.0 Å². The molecule has 0 spiro atoms. The number of carbonyl (C=O) groups is 5. The summed E-state index contributed by atoms with van der Waals surface area (Å²) in [5.41, 5.74) is 1.34. The molecule has 1 heterocycles. The van der Waals surface area contributed by atoms with Crippen LogP contribution in [-0.2, 0) is 16.1 Å². The number of rotatable bonds is 10. The van der Waals surface area contributed by atoms with Gasteiger partial charge in [-0.1, -0.05) is 18.2 Å². The molecule has 3 aromatic rings. The summed E-state index contributed by atoms with van der Waals surface area (Å²) in [4.78, 5) is 72.5. The first-order valence-corrected chi connectivity index (χ1v) is 12.2. The second kappa shape index (κ2) is 12.0. The third kappa shape index (κ3) is 6.54. The molecule has 0 unspecified atom stereocenters. The monoisotopic (exact) mass is 544 g/mol. The van der Waals surface area contributed by atoms with Crippen molar-refractivity contribution in [2.45, 2.75) is 26.3 Å². The second-order valence-corrected chi connectivity index (χ2v) is 8.91. The van der Waals surface area contributed by atoms with Gasteiger partial charge in [0, 0.05) is 49.8 Å². The number of hydrogen-bond donors (Lipinski definition) is 2. The van der Waals surface area contributed by atoms with Gasteiger partial charge in [0.15, 0.2) is 0 Å². The number of anilines is 1. The summed E-state index contributed by atoms with van der Waals surface area (Å²) in [6.45, 7) is 1.43. The van der Waals surface area contributed by atoms with E-state index in [1.807, 2.05) is 0 Å². The molecule has 0 saturated carbocycles. The summed E-state index contributed by atoms with van der Waals surface area (Å²) in [5.74, 6) is -2.12. The highest BCUT2D eigenvalue weighted by Crippen LogP contribution is 2.27. The first-order chi connectivity index (χ1) is 19.1. The summed E-state index contributed by atoms with van der Waals surface area (Å²) in [6.07, 6.45) is 0.217. The highest BCUT2D eigenvalue weighted by molar-refractivity contribution is 6.21. The lowest BCUT2D eigenvalue weighted by molar-refractivity contribution is -0.384. The third-order valence-corrected chi connectivity index (χ3v) is 5.97. The molecule has 12 heteroatoms. The van der Waals surface area contributed by atoms with Crippen LogP contribution in [-0.4, -0.2) is 46.0 Å². The third-order valence-electron chi connectivity index (χ3n) is 5.97. The Labute approximate surface area is 228 Å². The molecule has 4 rings (SSSR count). The number of amides is 4. The van der Waals surface area contributed by atoms with Crippen molar-refractivity contribution in [3.05, 3.63) is 99.1 Å². The van der Waals surface area contributed by atoms with Crippen molar-refractivity contribution in [1.29, 1.82) is 0 Å². The number of nitro benzene ring substituents is 1. The Morgan fingerprint density at radius 2 is 1.70 bits per heavy atom. The van der Waals surface area contributed by atoms with Gasteiger partial charge in [-0.25, -0.2) is 0 Å². The van der Waals surface area contributed by atoms with Crippen molar-refractivity contribution in [2.24, 2.45) is 0 Å². The maximum Gasteiger partial charge on any atom is 0.308 e. The summed E-state index contributed by atoms with van der Waals surface area (Å²) in [5, 5.41) is 16.5. The van der Waals surface area contributed by atoms with E-state index in [0.29, 0.717) is 11.3 Å². The Hall–Kier alpha value is -5.39. The number of imide groups is 1. The molecule has 2 N–H and O–H groups in total. The molecular formula is C28H24N4O8. The number of benzene rings is 3. The molecule has 0 bridgehead atoms. The van der Waals surface area contributed by atoms with Gasteiger partial charge >= 0.3 is 5.97 Å². The van der Waals surface area contributed by atoms with Crippen LogP contribution in [0.25, 0.3) is 0 Å². The molecule has 0 radical (unpaired) electrons. The molecule has 4 amide bonds. The smallest absolute Gasteiger partial charge is 0.308 e. The lowest BCUT2D eigenvalue weighted by Gasteiger charge is -2.13. The zero-order chi connectivity index (χ0) is 28.8. The molecule has 0 atom stereocenters. The van der Waals surface area contributed by atoms with Gasteiger partial charge in [-0.05, 0) is 48.4 Å². The zero-order valence-corrected chi connectivity index (χ0v) is 21.3. The Morgan fingerprint density at radius 1 is 0.950 bits per heavy atom. The summed E-state index contributed by atoms with van der Waals surface area (Å²) in [6, 6.07) is 16.6. The van der Waals surface area contributed by atoms with E-state index in [0.717, 1.165) is 16.5 Å². The fourth-order valence-electron chi connectivity index (χ4n) is 4.13. The largest absolute Gasteiger partial charge is 0.427 e. The molecular weight excluding hydrogens is 520 g/mol. The molecule has 3 aromatic carbocycles. The topological polar surface area (TPSA) is 165 Å². The quantitative estimate of drug-likeness (QED) is 0.129. The predicted octanol–water partition coefficient (Wildman–Crippen LogP) is 3.47. The van der Waals surface area contributed by atoms with E-state index in [-0.39, 0.29) is 60.3 Å². The number of carbonyl (C=O) groups excluding carboxylic acids is 5. The molecule has 0 saturated heterocycles. The van der Waals surface area contributed by atoms with Crippen LogP contribution in [0.3, 0.4) is 0 Å². The normalized spacial score (nSPS) is 12.1. The van der Waals surface area contributed by atoms with E-state index < -0.39 is 22.7 Å². The molecule has 1 aliphatic rings. The molecule has 0 aliphatic carbocycles. The summed E-state index contributed by atoms with van der Waals surface area (Å²) < 4.78 is 5.00. The fraction of sp³-hybridized carbons (Fsp3) is 0.179. The van der Waals surface area contributed by atoms with E-state index in [4.69, 9.17) is 4.74 Å². The van der Waals surface area contributed by atoms with Crippen LogP contribution in [0.5, 0.6) is 5.75 Å². The first-order valence-electron chi connectivity index (χ1n) is 12.2. The lowest BCUT2D eigenvalue weighted by Crippen LogP contribution is -2.31. The van der Waals surface area contributed by atoms with Gasteiger partial charge in [0.25, 0.3) is 23.4 Å². The Balaban J connectivity index is 1.26. The number of esters is 1. The standard InChI is InChI=1S/C28H24N4O8/c1-17(33)40-22-8-3-6-19(14-22)26(35)29-16-18-5-2-7-20(13-18)30-25(34)9-4-12-31-27(36)23-11-10-21(32(38)39)15-24(23)28(31)37/h2-3,5-8,10-11,13-15H,4,9,12,16H2,1H3,(H,29,35)(H,30,34). The van der Waals surface area contributed by atoms with E-state index in [9.17, 15) is 34.1 Å². The van der Waals surface area contributed by atoms with Crippen LogP contribution in [0, 0.1) is 10.1 Å². The number of hydrogen-bond acceptors (Lipinski definition) is 8. The predicted molar refractivity (Wildman–Crippen MR) is 142 cm³/mol. The molecule has 0 fully saturated rings. The van der Waals surface area contributed by atoms with Crippen LogP contribution in [0.15, 0.2) is 66.7 Å². The highest BCUT2D eigenvalue weighted by Gasteiger charge is 2.36. The molecule has 12 nitrogen and oxygen atoms in total. The minimum atomic E-state index is -0.639. The van der Waals surface area contributed by atoms with Crippen LogP contribution in [0.2, 0.25) is 0 Å². The maximum absolute atomic E-state index is 12.6. The Bertz CT molecular complexity index is 1530. The zero-order valence-electron chi connectivity index (χ0n) is 21.3. The van der Waals surface area contributed by atoms with E-state index >= 15 is 0 Å². The minimum absolute atomic E-state index is 0.0156. The SMILES string of the molecule is CC(=O)Oc1cccc(C(=O)NCc2cccc(NC(=O)CCCN3C(=O)c4ccc([N+](=O)[O-])cc4C3=O)c2)c1. The number of non-ortho nitro benzene ring substituents is 1. The van der Waals surface area contributed by atoms with Crippen LogP contribution in [0.4, 0.5) is 11.4 Å². The number of fused-ring (bicyclic) bond motifs is 1. The number of nitrogens with zero attached hydrogens (tertiary/aromatic N) is 2. The lowest BCUT2D eigenvalue weighted by atomic mass is 10.1. The van der Waals surface area contributed by atoms with Crippen LogP contribution < -0.4 is 15.4 Å². The van der Waals surface area contributed by atoms with Crippen molar-refractivity contribution in [3.8, 4) is 5.75 Å². The van der Waals surface area contributed by atoms with Crippen LogP contribution >= 0.6 is 0 Å². The van der Waals surface area contributed by atoms with Crippen molar-refractivity contribution < 1.29 is 33.6 Å². The van der Waals surface area contributed by atoms with Gasteiger partial charge in [-0.15, -0.1) is 0 Å². The molecule has 0 aromatic heterocycles. The van der Waals surface area contributed by atoms with Gasteiger partial charge in [-0.3, -0.25) is 39.0 Å². The number of nitrogens with one attached hydrogen (secondary N) is 2. The van der Waals surface area contributed by atoms with Gasteiger partial charge < -0.3 is 15.4 Å².